The Morgan fingerprint density at radius 3 is 2.59 bits per heavy atom. The topological polar surface area (TPSA) is 102 Å². The van der Waals surface area contributed by atoms with Crippen LogP contribution >= 0.6 is 0 Å². The quantitative estimate of drug-likeness (QED) is 0.689. The summed E-state index contributed by atoms with van der Waals surface area (Å²) in [5, 5.41) is 11.8. The molecule has 1 aliphatic heterocycles. The molecule has 0 spiro atoms. The fraction of sp³-hybridized carbons (Fsp3) is 0.591. The Hall–Kier alpha value is -2.43. The number of benzene rings is 1. The molecule has 2 rings (SSSR count). The molecule has 2 amide bonds. The molecule has 158 valence electrons. The van der Waals surface area contributed by atoms with Gasteiger partial charge in [0.15, 0.2) is 0 Å². The predicted molar refractivity (Wildman–Crippen MR) is 113 cm³/mol. The minimum Gasteiger partial charge on any atom is -0.353 e. The summed E-state index contributed by atoms with van der Waals surface area (Å²) in [5.41, 5.74) is 7.30. The van der Waals surface area contributed by atoms with Crippen molar-refractivity contribution in [2.24, 2.45) is 11.7 Å². The van der Waals surface area contributed by atoms with Gasteiger partial charge in [0.2, 0.25) is 11.8 Å². The van der Waals surface area contributed by atoms with Crippen LogP contribution < -0.4 is 11.1 Å². The van der Waals surface area contributed by atoms with Crippen LogP contribution in [0.15, 0.2) is 24.3 Å². The summed E-state index contributed by atoms with van der Waals surface area (Å²) in [5.74, 6) is 0.279. The van der Waals surface area contributed by atoms with Crippen molar-refractivity contribution in [3.05, 3.63) is 35.4 Å². The molecule has 1 aromatic rings. The molecule has 0 aromatic heterocycles. The predicted octanol–water partition coefficient (Wildman–Crippen LogP) is 1.47. The zero-order chi connectivity index (χ0) is 21.4. The van der Waals surface area contributed by atoms with Crippen LogP contribution in [0.4, 0.5) is 0 Å². The van der Waals surface area contributed by atoms with Crippen molar-refractivity contribution in [1.29, 1.82) is 5.26 Å². The van der Waals surface area contributed by atoms with E-state index >= 15 is 0 Å². The molecular formula is C22H33N5O2. The molecular weight excluding hydrogens is 366 g/mol. The number of nitrogens with two attached hydrogens (primary N) is 1. The molecule has 0 saturated carbocycles. The van der Waals surface area contributed by atoms with E-state index in [0.717, 1.165) is 25.1 Å². The van der Waals surface area contributed by atoms with Crippen LogP contribution in [0.2, 0.25) is 0 Å². The number of carbonyl (C=O) groups is 2. The fourth-order valence-corrected chi connectivity index (χ4v) is 3.95. The summed E-state index contributed by atoms with van der Waals surface area (Å²) in [6, 6.07) is 9.54. The van der Waals surface area contributed by atoms with E-state index < -0.39 is 6.04 Å². The van der Waals surface area contributed by atoms with Crippen molar-refractivity contribution >= 4 is 11.8 Å². The molecule has 1 unspecified atom stereocenters. The highest BCUT2D eigenvalue weighted by atomic mass is 16.2. The molecule has 7 heteroatoms. The van der Waals surface area contributed by atoms with Crippen LogP contribution in [0.3, 0.4) is 0 Å². The molecule has 0 bridgehead atoms. The van der Waals surface area contributed by atoms with Gasteiger partial charge in [-0.05, 0) is 36.5 Å². The normalized spacial score (nSPS) is 19.3. The summed E-state index contributed by atoms with van der Waals surface area (Å²) >= 11 is 0. The Morgan fingerprint density at radius 2 is 2.03 bits per heavy atom. The third kappa shape index (κ3) is 6.55. The fourth-order valence-electron chi connectivity index (χ4n) is 3.95. The smallest absolute Gasteiger partial charge is 0.242 e. The minimum absolute atomic E-state index is 0.0705. The van der Waals surface area contributed by atoms with Gasteiger partial charge in [0, 0.05) is 45.7 Å². The highest BCUT2D eigenvalue weighted by Crippen LogP contribution is 2.25. The van der Waals surface area contributed by atoms with Gasteiger partial charge in [0.25, 0.3) is 0 Å². The maximum absolute atomic E-state index is 12.7. The van der Waals surface area contributed by atoms with Crippen LogP contribution in [-0.4, -0.2) is 59.9 Å². The van der Waals surface area contributed by atoms with Crippen LogP contribution in [0, 0.1) is 17.2 Å². The molecule has 7 nitrogen and oxygen atoms in total. The first-order valence-electron chi connectivity index (χ1n) is 10.3. The van der Waals surface area contributed by atoms with Crippen molar-refractivity contribution < 1.29 is 9.59 Å². The van der Waals surface area contributed by atoms with Gasteiger partial charge in [-0.2, -0.15) is 5.26 Å². The van der Waals surface area contributed by atoms with E-state index in [0.29, 0.717) is 37.5 Å². The molecule has 1 aliphatic rings. The number of hydrogen-bond donors (Lipinski definition) is 2. The van der Waals surface area contributed by atoms with E-state index in [1.165, 1.54) is 6.92 Å². The summed E-state index contributed by atoms with van der Waals surface area (Å²) < 4.78 is 0. The molecule has 1 fully saturated rings. The number of carbonyl (C=O) groups excluding carboxylic acids is 2. The molecule has 2 atom stereocenters. The maximum atomic E-state index is 12.7. The van der Waals surface area contributed by atoms with Gasteiger partial charge in [-0.1, -0.05) is 26.0 Å². The highest BCUT2D eigenvalue weighted by Gasteiger charge is 2.37. The molecule has 1 saturated heterocycles. The van der Waals surface area contributed by atoms with Gasteiger partial charge in [0.1, 0.15) is 6.04 Å². The second-order valence-electron chi connectivity index (χ2n) is 8.12. The average molecular weight is 400 g/mol. The Bertz CT molecular complexity index is 726. The van der Waals surface area contributed by atoms with E-state index in [2.05, 4.69) is 30.1 Å². The molecule has 3 N–H and O–H groups in total. The van der Waals surface area contributed by atoms with Crippen LogP contribution in [-0.2, 0) is 16.1 Å². The van der Waals surface area contributed by atoms with Gasteiger partial charge in [-0.3, -0.25) is 14.5 Å². The zero-order valence-corrected chi connectivity index (χ0v) is 17.7. The van der Waals surface area contributed by atoms with E-state index in [1.54, 1.807) is 4.90 Å². The van der Waals surface area contributed by atoms with Crippen molar-refractivity contribution in [2.45, 2.75) is 52.2 Å². The summed E-state index contributed by atoms with van der Waals surface area (Å²) in [6.07, 6.45) is 1.45. The minimum atomic E-state index is -0.464. The van der Waals surface area contributed by atoms with Gasteiger partial charge in [-0.25, -0.2) is 0 Å². The number of nitrogens with one attached hydrogen (secondary N) is 1. The van der Waals surface area contributed by atoms with E-state index in [1.807, 2.05) is 24.3 Å². The molecule has 0 aliphatic carbocycles. The first-order chi connectivity index (χ1) is 13.8. The highest BCUT2D eigenvalue weighted by molar-refractivity contribution is 5.87. The second kappa shape index (κ2) is 10.9. The third-order valence-electron chi connectivity index (χ3n) is 5.31. The Balaban J connectivity index is 2.17. The molecule has 1 aromatic carbocycles. The monoisotopic (exact) mass is 399 g/mol. The largest absolute Gasteiger partial charge is 0.353 e. The number of likely N-dealkylation sites (tertiary alicyclic amines) is 1. The first kappa shape index (κ1) is 22.9. The number of rotatable bonds is 8. The Morgan fingerprint density at radius 1 is 1.34 bits per heavy atom. The van der Waals surface area contributed by atoms with Crippen molar-refractivity contribution in [2.75, 3.05) is 26.2 Å². The SMILES string of the molecule is CC(=O)N1CCC(N(Cc2ccc(C#N)cc2)CC(C)C)C[C@@H]1C(=O)NCCN. The first-order valence-corrected chi connectivity index (χ1v) is 10.3. The number of hydrogen-bond acceptors (Lipinski definition) is 5. The summed E-state index contributed by atoms with van der Waals surface area (Å²) in [7, 11) is 0. The van der Waals surface area contributed by atoms with Crippen LogP contribution in [0.1, 0.15) is 44.7 Å². The van der Waals surface area contributed by atoms with E-state index in [9.17, 15) is 9.59 Å². The van der Waals surface area contributed by atoms with Gasteiger partial charge < -0.3 is 16.0 Å². The lowest BCUT2D eigenvalue weighted by molar-refractivity contribution is -0.142. The lowest BCUT2D eigenvalue weighted by atomic mass is 9.93. The van der Waals surface area contributed by atoms with Crippen molar-refractivity contribution in [3.63, 3.8) is 0 Å². The molecule has 1 heterocycles. The summed E-state index contributed by atoms with van der Waals surface area (Å²) in [6.45, 7) is 8.90. The zero-order valence-electron chi connectivity index (χ0n) is 17.7. The number of nitriles is 1. The van der Waals surface area contributed by atoms with Crippen molar-refractivity contribution in [1.82, 2.24) is 15.1 Å². The third-order valence-corrected chi connectivity index (χ3v) is 5.31. The second-order valence-corrected chi connectivity index (χ2v) is 8.12. The Labute approximate surface area is 173 Å². The van der Waals surface area contributed by atoms with Crippen molar-refractivity contribution in [3.8, 4) is 6.07 Å². The van der Waals surface area contributed by atoms with Crippen LogP contribution in [0.5, 0.6) is 0 Å². The van der Waals surface area contributed by atoms with E-state index in [4.69, 9.17) is 11.0 Å². The number of amides is 2. The summed E-state index contributed by atoms with van der Waals surface area (Å²) in [4.78, 5) is 28.8. The van der Waals surface area contributed by atoms with Gasteiger partial charge >= 0.3 is 0 Å². The number of nitrogens with zero attached hydrogens (tertiary/aromatic N) is 3. The lowest BCUT2D eigenvalue weighted by Crippen LogP contribution is -2.57. The Kier molecular flexibility index (Phi) is 8.62. The maximum Gasteiger partial charge on any atom is 0.242 e. The standard InChI is InChI=1S/C22H33N5O2/c1-16(2)14-26(15-19-6-4-18(13-24)5-7-19)20-8-11-27(17(3)28)21(12-20)22(29)25-10-9-23/h4-7,16,20-21H,8-12,14-15,23H2,1-3H3,(H,25,29)/t20?,21-/m1/s1. The van der Waals surface area contributed by atoms with Gasteiger partial charge in [-0.15, -0.1) is 0 Å². The van der Waals surface area contributed by atoms with Gasteiger partial charge in [0.05, 0.1) is 11.6 Å². The molecule has 29 heavy (non-hydrogen) atoms. The molecule has 0 radical (unpaired) electrons. The lowest BCUT2D eigenvalue weighted by Gasteiger charge is -2.43. The van der Waals surface area contributed by atoms with E-state index in [-0.39, 0.29) is 17.9 Å². The van der Waals surface area contributed by atoms with Crippen LogP contribution in [0.25, 0.3) is 0 Å². The number of piperidine rings is 1. The average Bonchev–Trinajstić information content (AvgIpc) is 2.71.